The van der Waals surface area contributed by atoms with Crippen molar-refractivity contribution in [1.29, 1.82) is 0 Å². The summed E-state index contributed by atoms with van der Waals surface area (Å²) in [6.45, 7) is 5.66. The van der Waals surface area contributed by atoms with E-state index >= 15 is 0 Å². The third-order valence-corrected chi connectivity index (χ3v) is 2.57. The molecule has 0 N–H and O–H groups in total. The van der Waals surface area contributed by atoms with Gasteiger partial charge in [-0.3, -0.25) is 0 Å². The third kappa shape index (κ3) is 1.59. The van der Waals surface area contributed by atoms with Gasteiger partial charge in [0.1, 0.15) is 0 Å². The van der Waals surface area contributed by atoms with Crippen LogP contribution in [0.5, 0.6) is 0 Å². The Bertz CT molecular complexity index is 251. The van der Waals surface area contributed by atoms with Gasteiger partial charge in [-0.25, -0.2) is 0 Å². The maximum Gasteiger partial charge on any atom is 0.0159 e. The summed E-state index contributed by atoms with van der Waals surface area (Å²) in [6, 6.07) is 6.17. The third-order valence-electron chi connectivity index (χ3n) is 1.36. The summed E-state index contributed by atoms with van der Waals surface area (Å²) in [5.41, 5.74) is 2.35. The largest absolute Gasteiger partial charge is 0.0906 e. The van der Waals surface area contributed by atoms with Crippen LogP contribution in [0.4, 0.5) is 0 Å². The Morgan fingerprint density at radius 2 is 2.20 bits per heavy atom. The number of rotatable bonds is 1. The smallest absolute Gasteiger partial charge is 0.0159 e. The van der Waals surface area contributed by atoms with Crippen molar-refractivity contribution in [1.82, 2.24) is 0 Å². The second-order valence-electron chi connectivity index (χ2n) is 2.14. The van der Waals surface area contributed by atoms with Gasteiger partial charge >= 0.3 is 0 Å². The summed E-state index contributed by atoms with van der Waals surface area (Å²) >= 11 is 2.31. The van der Waals surface area contributed by atoms with E-state index in [1.807, 2.05) is 6.07 Å². The minimum Gasteiger partial charge on any atom is -0.0906 e. The van der Waals surface area contributed by atoms with E-state index in [1.165, 1.54) is 9.13 Å². The van der Waals surface area contributed by atoms with E-state index < -0.39 is 0 Å². The molecule has 0 nitrogen and oxygen atoms in total. The Morgan fingerprint density at radius 1 is 1.50 bits per heavy atom. The molecule has 0 saturated heterocycles. The first-order chi connectivity index (χ1) is 4.74. The van der Waals surface area contributed by atoms with E-state index in [1.54, 1.807) is 0 Å². The molecule has 0 atom stereocenters. The lowest BCUT2D eigenvalue weighted by molar-refractivity contribution is 1.40. The first kappa shape index (κ1) is 7.79. The highest BCUT2D eigenvalue weighted by Crippen LogP contribution is 2.12. The molecule has 0 unspecified atom stereocenters. The van der Waals surface area contributed by atoms with Crippen molar-refractivity contribution < 1.29 is 0 Å². The van der Waals surface area contributed by atoms with Gasteiger partial charge in [0.05, 0.1) is 0 Å². The maximum absolute atomic E-state index is 3.57. The van der Waals surface area contributed by atoms with E-state index in [0.717, 1.165) is 5.56 Å². The second-order valence-corrected chi connectivity index (χ2v) is 3.30. The molecule has 10 heavy (non-hydrogen) atoms. The lowest BCUT2D eigenvalue weighted by atomic mass is 10.1. The summed E-state index contributed by atoms with van der Waals surface area (Å²) in [4.78, 5) is 0. The van der Waals surface area contributed by atoms with Gasteiger partial charge in [-0.05, 0) is 52.8 Å². The Kier molecular flexibility index (Phi) is 2.49. The first-order valence-corrected chi connectivity index (χ1v) is 4.11. The molecule has 0 aliphatic heterocycles. The first-order valence-electron chi connectivity index (χ1n) is 3.03. The topological polar surface area (TPSA) is 0 Å². The summed E-state index contributed by atoms with van der Waals surface area (Å²) in [5.74, 6) is 0. The van der Waals surface area contributed by atoms with Gasteiger partial charge in [0.25, 0.3) is 0 Å². The van der Waals surface area contributed by atoms with Crippen LogP contribution in [-0.2, 0) is 0 Å². The number of benzene rings is 1. The fraction of sp³-hybridized carbons (Fsp3) is 0.111. The SMILES string of the molecule is C=[C]c1ccc(I)c(C)c1. The molecule has 0 aliphatic carbocycles. The molecule has 0 spiro atoms. The number of halogens is 1. The van der Waals surface area contributed by atoms with Crippen LogP contribution in [0.15, 0.2) is 24.8 Å². The fourth-order valence-electron chi connectivity index (χ4n) is 0.755. The summed E-state index contributed by atoms with van der Waals surface area (Å²) in [5, 5.41) is 0. The highest BCUT2D eigenvalue weighted by molar-refractivity contribution is 14.1. The van der Waals surface area contributed by atoms with Crippen LogP contribution in [0.3, 0.4) is 0 Å². The molecule has 1 heteroatoms. The molecule has 0 saturated carbocycles. The monoisotopic (exact) mass is 243 g/mol. The molecule has 1 rings (SSSR count). The molecule has 0 aromatic heterocycles. The highest BCUT2D eigenvalue weighted by Gasteiger charge is 1.92. The van der Waals surface area contributed by atoms with E-state index in [4.69, 9.17) is 0 Å². The lowest BCUT2D eigenvalue weighted by Gasteiger charge is -1.97. The second kappa shape index (κ2) is 3.19. The van der Waals surface area contributed by atoms with Crippen LogP contribution < -0.4 is 0 Å². The molecular formula is C9H8I. The molecule has 0 aliphatic rings. The summed E-state index contributed by atoms with van der Waals surface area (Å²) in [6.07, 6.45) is 2.84. The quantitative estimate of drug-likeness (QED) is 0.665. The minimum absolute atomic E-state index is 1.07. The van der Waals surface area contributed by atoms with Crippen LogP contribution in [0.2, 0.25) is 0 Å². The molecule has 1 aromatic rings. The van der Waals surface area contributed by atoms with Gasteiger partial charge in [0.15, 0.2) is 0 Å². The Hall–Kier alpha value is -0.310. The Balaban J connectivity index is 3.16. The van der Waals surface area contributed by atoms with Gasteiger partial charge in [-0.15, -0.1) is 0 Å². The zero-order chi connectivity index (χ0) is 7.56. The summed E-state index contributed by atoms with van der Waals surface area (Å²) in [7, 11) is 0. The Labute approximate surface area is 75.1 Å². The average Bonchev–Trinajstić information content (AvgIpc) is 1.95. The fourth-order valence-corrected chi connectivity index (χ4v) is 1.09. The van der Waals surface area contributed by atoms with Crippen molar-refractivity contribution in [2.24, 2.45) is 0 Å². The number of aryl methyl sites for hydroxylation is 1. The molecule has 0 fully saturated rings. The molecule has 0 bridgehead atoms. The normalized spacial score (nSPS) is 9.40. The lowest BCUT2D eigenvalue weighted by Crippen LogP contribution is -1.80. The zero-order valence-electron chi connectivity index (χ0n) is 5.82. The summed E-state index contributed by atoms with van der Waals surface area (Å²) < 4.78 is 1.29. The van der Waals surface area contributed by atoms with Crippen LogP contribution in [0.1, 0.15) is 11.1 Å². The van der Waals surface area contributed by atoms with Gasteiger partial charge in [0.2, 0.25) is 0 Å². The van der Waals surface area contributed by atoms with Crippen molar-refractivity contribution in [3.05, 3.63) is 45.6 Å². The van der Waals surface area contributed by atoms with Crippen molar-refractivity contribution in [2.75, 3.05) is 0 Å². The maximum atomic E-state index is 3.57. The van der Waals surface area contributed by atoms with Crippen LogP contribution in [0, 0.1) is 16.6 Å². The Morgan fingerprint density at radius 3 is 2.70 bits per heavy atom. The molecule has 0 amide bonds. The standard InChI is InChI=1S/C9H8I/c1-3-8-4-5-9(10)7(2)6-8/h4-6H,1H2,2H3. The zero-order valence-corrected chi connectivity index (χ0v) is 7.97. The van der Waals surface area contributed by atoms with E-state index in [-0.39, 0.29) is 0 Å². The highest BCUT2D eigenvalue weighted by atomic mass is 127. The van der Waals surface area contributed by atoms with Gasteiger partial charge in [0, 0.05) is 3.57 Å². The van der Waals surface area contributed by atoms with Crippen LogP contribution in [-0.4, -0.2) is 0 Å². The molecule has 51 valence electrons. The van der Waals surface area contributed by atoms with Gasteiger partial charge < -0.3 is 0 Å². The van der Waals surface area contributed by atoms with Gasteiger partial charge in [-0.2, -0.15) is 0 Å². The van der Waals surface area contributed by atoms with Crippen LogP contribution >= 0.6 is 22.6 Å². The molecule has 1 aromatic carbocycles. The number of hydrogen-bond acceptors (Lipinski definition) is 0. The van der Waals surface area contributed by atoms with E-state index in [0.29, 0.717) is 0 Å². The van der Waals surface area contributed by atoms with Crippen molar-refractivity contribution in [3.63, 3.8) is 0 Å². The predicted octanol–water partition coefficient (Wildman–Crippen LogP) is 2.94. The molecule has 0 heterocycles. The number of hydrogen-bond donors (Lipinski definition) is 0. The van der Waals surface area contributed by atoms with Gasteiger partial charge in [-0.1, -0.05) is 18.7 Å². The minimum atomic E-state index is 1.07. The molecular weight excluding hydrogens is 235 g/mol. The average molecular weight is 243 g/mol. The van der Waals surface area contributed by atoms with Crippen molar-refractivity contribution in [3.8, 4) is 0 Å². The van der Waals surface area contributed by atoms with Crippen molar-refractivity contribution >= 4 is 22.6 Å². The molecule has 1 radical (unpaired) electrons. The van der Waals surface area contributed by atoms with Crippen molar-refractivity contribution in [2.45, 2.75) is 6.92 Å². The van der Waals surface area contributed by atoms with E-state index in [9.17, 15) is 0 Å². The van der Waals surface area contributed by atoms with E-state index in [2.05, 4.69) is 54.3 Å². The van der Waals surface area contributed by atoms with Crippen LogP contribution in [0.25, 0.3) is 0 Å². The predicted molar refractivity (Wildman–Crippen MR) is 51.9 cm³/mol.